The van der Waals surface area contributed by atoms with Crippen molar-refractivity contribution < 1.29 is 18.0 Å². The maximum absolute atomic E-state index is 13.7. The summed E-state index contributed by atoms with van der Waals surface area (Å²) in [6, 6.07) is 13.5. The molecule has 0 saturated heterocycles. The lowest BCUT2D eigenvalue weighted by Gasteiger charge is -2.09. The molecular weight excluding hydrogens is 357 g/mol. The second kappa shape index (κ2) is 7.58. The number of halogens is 3. The zero-order valence-electron chi connectivity index (χ0n) is 13.6. The van der Waals surface area contributed by atoms with Crippen molar-refractivity contribution in [1.29, 1.82) is 5.26 Å². The van der Waals surface area contributed by atoms with Gasteiger partial charge in [0.25, 0.3) is 5.91 Å². The van der Waals surface area contributed by atoms with Gasteiger partial charge in [-0.3, -0.25) is 4.79 Å². The van der Waals surface area contributed by atoms with Gasteiger partial charge in [0, 0.05) is 0 Å². The Morgan fingerprint density at radius 3 is 2.48 bits per heavy atom. The summed E-state index contributed by atoms with van der Waals surface area (Å²) in [6.45, 7) is 0. The van der Waals surface area contributed by atoms with Crippen molar-refractivity contribution in [2.45, 2.75) is 0 Å². The summed E-state index contributed by atoms with van der Waals surface area (Å²) in [7, 11) is 0. The van der Waals surface area contributed by atoms with Crippen LogP contribution >= 0.6 is 0 Å². The summed E-state index contributed by atoms with van der Waals surface area (Å²) in [5.74, 6) is -5.54. The highest BCUT2D eigenvalue weighted by atomic mass is 19.2. The number of rotatable bonds is 4. The van der Waals surface area contributed by atoms with Crippen LogP contribution in [0.25, 0.3) is 0 Å². The number of nitrogens with zero attached hydrogens (tertiary/aromatic N) is 2. The Kier molecular flexibility index (Phi) is 5.04. The van der Waals surface area contributed by atoms with E-state index in [0.717, 1.165) is 6.07 Å². The standard InChI is InChI=1S/C19H11F3N4O/c20-14-7-6-13(17(21)18(14)22)19(27)26-16-8-5-12(10-24-16)25-15-4-2-1-3-11(15)9-23/h1-8,10,25H,(H,24,26,27). The molecule has 0 fully saturated rings. The molecule has 0 unspecified atom stereocenters. The molecule has 0 aliphatic heterocycles. The van der Waals surface area contributed by atoms with Gasteiger partial charge in [-0.1, -0.05) is 12.1 Å². The van der Waals surface area contributed by atoms with Crippen molar-refractivity contribution in [2.75, 3.05) is 10.6 Å². The molecule has 0 aliphatic carbocycles. The van der Waals surface area contributed by atoms with Gasteiger partial charge in [0.05, 0.1) is 28.7 Å². The van der Waals surface area contributed by atoms with Crippen LogP contribution in [0.4, 0.5) is 30.4 Å². The number of pyridine rings is 1. The van der Waals surface area contributed by atoms with Gasteiger partial charge in [-0.2, -0.15) is 5.26 Å². The van der Waals surface area contributed by atoms with E-state index in [9.17, 15) is 18.0 Å². The molecule has 134 valence electrons. The van der Waals surface area contributed by atoms with Crippen LogP contribution in [0.3, 0.4) is 0 Å². The molecule has 0 bridgehead atoms. The number of para-hydroxylation sites is 1. The number of benzene rings is 2. The Morgan fingerprint density at radius 2 is 1.78 bits per heavy atom. The summed E-state index contributed by atoms with van der Waals surface area (Å²) in [5.41, 5.74) is 0.946. The molecule has 2 aromatic carbocycles. The van der Waals surface area contributed by atoms with Gasteiger partial charge in [-0.15, -0.1) is 0 Å². The van der Waals surface area contributed by atoms with Gasteiger partial charge >= 0.3 is 0 Å². The highest BCUT2D eigenvalue weighted by Crippen LogP contribution is 2.21. The minimum atomic E-state index is -1.72. The average Bonchev–Trinajstić information content (AvgIpc) is 2.68. The van der Waals surface area contributed by atoms with E-state index in [0.29, 0.717) is 23.0 Å². The van der Waals surface area contributed by atoms with Crippen LogP contribution in [0.2, 0.25) is 0 Å². The molecule has 1 aromatic heterocycles. The van der Waals surface area contributed by atoms with E-state index in [1.165, 1.54) is 12.3 Å². The van der Waals surface area contributed by atoms with E-state index >= 15 is 0 Å². The van der Waals surface area contributed by atoms with Crippen LogP contribution in [0.15, 0.2) is 54.7 Å². The third-order valence-electron chi connectivity index (χ3n) is 3.61. The second-order valence-electron chi connectivity index (χ2n) is 5.39. The molecule has 1 amide bonds. The number of carbonyl (C=O) groups excluding carboxylic acids is 1. The third kappa shape index (κ3) is 3.88. The fourth-order valence-electron chi connectivity index (χ4n) is 2.27. The molecule has 27 heavy (non-hydrogen) atoms. The molecule has 8 heteroatoms. The van der Waals surface area contributed by atoms with E-state index in [4.69, 9.17) is 5.26 Å². The number of nitrogens with one attached hydrogen (secondary N) is 2. The molecule has 5 nitrogen and oxygen atoms in total. The third-order valence-corrected chi connectivity index (χ3v) is 3.61. The normalized spacial score (nSPS) is 10.1. The maximum atomic E-state index is 13.7. The molecule has 0 aliphatic rings. The molecule has 0 radical (unpaired) electrons. The molecule has 0 spiro atoms. The van der Waals surface area contributed by atoms with Gasteiger partial charge in [0.2, 0.25) is 0 Å². The average molecular weight is 368 g/mol. The smallest absolute Gasteiger partial charge is 0.259 e. The Morgan fingerprint density at radius 1 is 1.00 bits per heavy atom. The monoisotopic (exact) mass is 368 g/mol. The molecular formula is C19H11F3N4O. The van der Waals surface area contributed by atoms with Gasteiger partial charge in [0.15, 0.2) is 17.5 Å². The van der Waals surface area contributed by atoms with Crippen LogP contribution in [0.5, 0.6) is 0 Å². The Balaban J connectivity index is 1.74. The van der Waals surface area contributed by atoms with Crippen LogP contribution < -0.4 is 10.6 Å². The lowest BCUT2D eigenvalue weighted by molar-refractivity contribution is 0.102. The van der Waals surface area contributed by atoms with Crippen LogP contribution in [0.1, 0.15) is 15.9 Å². The number of anilines is 3. The molecule has 0 atom stereocenters. The summed E-state index contributed by atoms with van der Waals surface area (Å²) in [4.78, 5) is 16.0. The minimum absolute atomic E-state index is 0.0863. The lowest BCUT2D eigenvalue weighted by atomic mass is 10.2. The summed E-state index contributed by atoms with van der Waals surface area (Å²) < 4.78 is 39.8. The van der Waals surface area contributed by atoms with E-state index in [1.807, 2.05) is 0 Å². The first-order chi connectivity index (χ1) is 13.0. The van der Waals surface area contributed by atoms with E-state index in [2.05, 4.69) is 21.7 Å². The second-order valence-corrected chi connectivity index (χ2v) is 5.39. The van der Waals surface area contributed by atoms with Gasteiger partial charge < -0.3 is 10.6 Å². The quantitative estimate of drug-likeness (QED) is 0.671. The van der Waals surface area contributed by atoms with Gasteiger partial charge in [0.1, 0.15) is 11.9 Å². The van der Waals surface area contributed by atoms with Crippen molar-refractivity contribution in [3.8, 4) is 6.07 Å². The molecule has 0 saturated carbocycles. The first kappa shape index (κ1) is 17.9. The maximum Gasteiger partial charge on any atom is 0.259 e. The molecule has 3 rings (SSSR count). The summed E-state index contributed by atoms with van der Waals surface area (Å²) in [6.07, 6.45) is 1.39. The van der Waals surface area contributed by atoms with E-state index in [-0.39, 0.29) is 5.82 Å². The number of aromatic nitrogens is 1. The Labute approximate surface area is 152 Å². The molecule has 1 heterocycles. The number of hydrogen-bond acceptors (Lipinski definition) is 4. The van der Waals surface area contributed by atoms with Gasteiger partial charge in [-0.05, 0) is 36.4 Å². The summed E-state index contributed by atoms with van der Waals surface area (Å²) in [5, 5.41) is 14.4. The van der Waals surface area contributed by atoms with Crippen molar-refractivity contribution in [1.82, 2.24) is 4.98 Å². The topological polar surface area (TPSA) is 77.8 Å². The first-order valence-electron chi connectivity index (χ1n) is 7.66. The van der Waals surface area contributed by atoms with E-state index < -0.39 is 28.9 Å². The van der Waals surface area contributed by atoms with Crippen molar-refractivity contribution in [2.24, 2.45) is 0 Å². The van der Waals surface area contributed by atoms with Crippen molar-refractivity contribution >= 4 is 23.1 Å². The minimum Gasteiger partial charge on any atom is -0.353 e. The van der Waals surface area contributed by atoms with Crippen LogP contribution in [-0.2, 0) is 0 Å². The molecule has 3 aromatic rings. The zero-order chi connectivity index (χ0) is 19.4. The highest BCUT2D eigenvalue weighted by Gasteiger charge is 2.19. The number of nitriles is 1. The Bertz CT molecular complexity index is 1050. The number of hydrogen-bond donors (Lipinski definition) is 2. The largest absolute Gasteiger partial charge is 0.353 e. The lowest BCUT2D eigenvalue weighted by Crippen LogP contribution is -2.16. The fraction of sp³-hybridized carbons (Fsp3) is 0. The van der Waals surface area contributed by atoms with Crippen molar-refractivity contribution in [3.05, 3.63) is 83.3 Å². The first-order valence-corrected chi connectivity index (χ1v) is 7.66. The van der Waals surface area contributed by atoms with Crippen LogP contribution in [-0.4, -0.2) is 10.9 Å². The molecule has 2 N–H and O–H groups in total. The number of amides is 1. The highest BCUT2D eigenvalue weighted by molar-refractivity contribution is 6.04. The van der Waals surface area contributed by atoms with Crippen molar-refractivity contribution in [3.63, 3.8) is 0 Å². The SMILES string of the molecule is N#Cc1ccccc1Nc1ccc(NC(=O)c2ccc(F)c(F)c2F)nc1. The predicted octanol–water partition coefficient (Wildman–Crippen LogP) is 4.37. The summed E-state index contributed by atoms with van der Waals surface area (Å²) >= 11 is 0. The Hall–Kier alpha value is -3.86. The van der Waals surface area contributed by atoms with Crippen LogP contribution in [0, 0.1) is 28.8 Å². The van der Waals surface area contributed by atoms with E-state index in [1.54, 1.807) is 30.3 Å². The predicted molar refractivity (Wildman–Crippen MR) is 92.9 cm³/mol. The number of carbonyl (C=O) groups is 1. The van der Waals surface area contributed by atoms with Gasteiger partial charge in [-0.25, -0.2) is 18.2 Å². The fourth-order valence-corrected chi connectivity index (χ4v) is 2.27. The zero-order valence-corrected chi connectivity index (χ0v) is 13.6.